The number of carbonyl (C=O) groups is 2. The molecule has 2 amide bonds. The summed E-state index contributed by atoms with van der Waals surface area (Å²) >= 11 is 5.88. The lowest BCUT2D eigenvalue weighted by molar-refractivity contribution is -0.117. The van der Waals surface area contributed by atoms with Gasteiger partial charge >= 0.3 is 0 Å². The van der Waals surface area contributed by atoms with E-state index >= 15 is 0 Å². The molecule has 2 aromatic heterocycles. The van der Waals surface area contributed by atoms with Crippen LogP contribution in [-0.2, 0) is 11.3 Å². The number of aromatic nitrogens is 5. The number of pyridine rings is 1. The third-order valence-electron chi connectivity index (χ3n) is 3.20. The molecule has 0 spiro atoms. The van der Waals surface area contributed by atoms with E-state index < -0.39 is 5.91 Å². The van der Waals surface area contributed by atoms with Crippen LogP contribution in [0.15, 0.2) is 42.6 Å². The number of carbonyl (C=O) groups excluding carboxylic acids is 2. The maximum absolute atomic E-state index is 12.0. The van der Waals surface area contributed by atoms with Gasteiger partial charge in [-0.2, -0.15) is 4.80 Å². The third kappa shape index (κ3) is 3.96. The largest absolute Gasteiger partial charge is 0.366 e. The highest BCUT2D eigenvalue weighted by molar-refractivity contribution is 6.32. The van der Waals surface area contributed by atoms with E-state index in [1.807, 2.05) is 0 Å². The molecule has 1 aromatic carbocycles. The van der Waals surface area contributed by atoms with E-state index in [2.05, 4.69) is 25.7 Å². The van der Waals surface area contributed by atoms with Crippen molar-refractivity contribution in [2.45, 2.75) is 6.54 Å². The second-order valence-corrected chi connectivity index (χ2v) is 5.33. The van der Waals surface area contributed by atoms with Crippen LogP contribution in [0.25, 0.3) is 11.4 Å². The lowest BCUT2D eigenvalue weighted by Gasteiger charge is -2.05. The molecule has 0 aliphatic carbocycles. The zero-order valence-corrected chi connectivity index (χ0v) is 13.5. The summed E-state index contributed by atoms with van der Waals surface area (Å²) in [5.74, 6) is -0.569. The van der Waals surface area contributed by atoms with Crippen molar-refractivity contribution in [1.29, 1.82) is 0 Å². The Balaban J connectivity index is 1.68. The van der Waals surface area contributed by atoms with Crippen LogP contribution < -0.4 is 11.1 Å². The number of nitrogens with two attached hydrogens (primary N) is 1. The minimum atomic E-state index is -0.520. The normalized spacial score (nSPS) is 10.4. The van der Waals surface area contributed by atoms with Gasteiger partial charge in [0.1, 0.15) is 6.54 Å². The number of tetrazole rings is 1. The van der Waals surface area contributed by atoms with Gasteiger partial charge in [0, 0.05) is 17.3 Å². The standard InChI is InChI=1S/C15H12ClN7O2/c16-13-11(2-1-7-18-13)19-12(24)8-23-21-15(20-22-23)10-5-3-9(4-6-10)14(17)25/h1-7H,8H2,(H2,17,25)(H,19,24). The predicted octanol–water partition coefficient (Wildman–Crippen LogP) is 1.13. The first kappa shape index (κ1) is 16.5. The van der Waals surface area contributed by atoms with Crippen molar-refractivity contribution in [1.82, 2.24) is 25.2 Å². The molecule has 25 heavy (non-hydrogen) atoms. The SMILES string of the molecule is NC(=O)c1ccc(-c2nnn(CC(=O)Nc3cccnc3Cl)n2)cc1. The predicted molar refractivity (Wildman–Crippen MR) is 89.6 cm³/mol. The van der Waals surface area contributed by atoms with E-state index in [0.717, 1.165) is 4.80 Å². The molecule has 10 heteroatoms. The second-order valence-electron chi connectivity index (χ2n) is 4.97. The highest BCUT2D eigenvalue weighted by atomic mass is 35.5. The van der Waals surface area contributed by atoms with Crippen LogP contribution in [-0.4, -0.2) is 37.0 Å². The summed E-state index contributed by atoms with van der Waals surface area (Å²) in [4.78, 5) is 28.1. The van der Waals surface area contributed by atoms with E-state index in [4.69, 9.17) is 17.3 Å². The number of hydrogen-bond acceptors (Lipinski definition) is 6. The number of amides is 2. The Morgan fingerprint density at radius 3 is 2.64 bits per heavy atom. The number of benzene rings is 1. The monoisotopic (exact) mass is 357 g/mol. The number of hydrogen-bond donors (Lipinski definition) is 2. The maximum Gasteiger partial charge on any atom is 0.248 e. The molecule has 0 saturated heterocycles. The van der Waals surface area contributed by atoms with Crippen molar-refractivity contribution < 1.29 is 9.59 Å². The average Bonchev–Trinajstić information content (AvgIpc) is 3.05. The zero-order chi connectivity index (χ0) is 17.8. The molecule has 3 N–H and O–H groups in total. The molecule has 126 valence electrons. The van der Waals surface area contributed by atoms with Crippen LogP contribution in [0, 0.1) is 0 Å². The molecule has 0 unspecified atom stereocenters. The van der Waals surface area contributed by atoms with E-state index in [0.29, 0.717) is 22.6 Å². The quantitative estimate of drug-likeness (QED) is 0.658. The highest BCUT2D eigenvalue weighted by Crippen LogP contribution is 2.17. The molecule has 0 saturated carbocycles. The van der Waals surface area contributed by atoms with Gasteiger partial charge in [-0.25, -0.2) is 4.98 Å². The first-order chi connectivity index (χ1) is 12.0. The van der Waals surface area contributed by atoms with Crippen molar-refractivity contribution in [3.8, 4) is 11.4 Å². The van der Waals surface area contributed by atoms with Gasteiger partial charge in [-0.05, 0) is 29.5 Å². The summed E-state index contributed by atoms with van der Waals surface area (Å²) in [6.07, 6.45) is 1.52. The van der Waals surface area contributed by atoms with Crippen LogP contribution in [0.1, 0.15) is 10.4 Å². The van der Waals surface area contributed by atoms with Crippen molar-refractivity contribution in [3.05, 3.63) is 53.3 Å². The van der Waals surface area contributed by atoms with Gasteiger partial charge in [0.15, 0.2) is 5.15 Å². The Hall–Kier alpha value is -3.33. The fourth-order valence-corrected chi connectivity index (χ4v) is 2.17. The van der Waals surface area contributed by atoms with Gasteiger partial charge < -0.3 is 11.1 Å². The Morgan fingerprint density at radius 2 is 1.96 bits per heavy atom. The summed E-state index contributed by atoms with van der Waals surface area (Å²) in [5.41, 5.74) is 6.61. The molecular weight excluding hydrogens is 346 g/mol. The summed E-state index contributed by atoms with van der Waals surface area (Å²) in [5, 5.41) is 14.6. The average molecular weight is 358 g/mol. The molecule has 3 aromatic rings. The van der Waals surface area contributed by atoms with E-state index in [1.54, 1.807) is 36.4 Å². The Labute approximate surface area is 146 Å². The molecule has 0 radical (unpaired) electrons. The molecule has 0 atom stereocenters. The van der Waals surface area contributed by atoms with Gasteiger partial charge in [-0.1, -0.05) is 23.7 Å². The lowest BCUT2D eigenvalue weighted by atomic mass is 10.1. The van der Waals surface area contributed by atoms with Gasteiger partial charge in [0.25, 0.3) is 0 Å². The van der Waals surface area contributed by atoms with Crippen LogP contribution in [0.4, 0.5) is 5.69 Å². The summed E-state index contributed by atoms with van der Waals surface area (Å²) in [6.45, 7) is -0.141. The first-order valence-electron chi connectivity index (χ1n) is 7.11. The summed E-state index contributed by atoms with van der Waals surface area (Å²) in [7, 11) is 0. The molecule has 0 aliphatic rings. The summed E-state index contributed by atoms with van der Waals surface area (Å²) < 4.78 is 0. The van der Waals surface area contributed by atoms with Crippen LogP contribution in [0.2, 0.25) is 5.15 Å². The fraction of sp³-hybridized carbons (Fsp3) is 0.0667. The third-order valence-corrected chi connectivity index (χ3v) is 3.50. The molecule has 0 fully saturated rings. The van der Waals surface area contributed by atoms with Gasteiger partial charge in [-0.15, -0.1) is 10.2 Å². The Morgan fingerprint density at radius 1 is 1.20 bits per heavy atom. The van der Waals surface area contributed by atoms with Gasteiger partial charge in [-0.3, -0.25) is 9.59 Å². The van der Waals surface area contributed by atoms with E-state index in [1.165, 1.54) is 6.20 Å². The molecular formula is C15H12ClN7O2. The fourth-order valence-electron chi connectivity index (χ4n) is 2.01. The van der Waals surface area contributed by atoms with E-state index in [-0.39, 0.29) is 17.6 Å². The highest BCUT2D eigenvalue weighted by Gasteiger charge is 2.11. The molecule has 2 heterocycles. The number of rotatable bonds is 5. The van der Waals surface area contributed by atoms with Crippen molar-refractivity contribution in [3.63, 3.8) is 0 Å². The number of anilines is 1. The Bertz CT molecular complexity index is 924. The number of nitrogens with one attached hydrogen (secondary N) is 1. The van der Waals surface area contributed by atoms with Gasteiger partial charge in [0.05, 0.1) is 5.69 Å². The van der Waals surface area contributed by atoms with Crippen molar-refractivity contribution in [2.75, 3.05) is 5.32 Å². The first-order valence-corrected chi connectivity index (χ1v) is 7.49. The number of nitrogens with zero attached hydrogens (tertiary/aromatic N) is 5. The number of primary amides is 1. The Kier molecular flexibility index (Phi) is 4.66. The molecule has 0 aliphatic heterocycles. The maximum atomic E-state index is 12.0. The molecule has 0 bridgehead atoms. The minimum absolute atomic E-state index is 0.141. The summed E-state index contributed by atoms with van der Waals surface area (Å²) in [6, 6.07) is 9.72. The van der Waals surface area contributed by atoms with Crippen molar-refractivity contribution in [2.24, 2.45) is 5.73 Å². The van der Waals surface area contributed by atoms with Crippen LogP contribution in [0.3, 0.4) is 0 Å². The second kappa shape index (κ2) is 7.05. The zero-order valence-electron chi connectivity index (χ0n) is 12.8. The van der Waals surface area contributed by atoms with Crippen molar-refractivity contribution >= 4 is 29.1 Å². The van der Waals surface area contributed by atoms with Crippen LogP contribution in [0.5, 0.6) is 0 Å². The number of halogens is 1. The topological polar surface area (TPSA) is 129 Å². The minimum Gasteiger partial charge on any atom is -0.366 e. The van der Waals surface area contributed by atoms with Gasteiger partial charge in [0.2, 0.25) is 17.6 Å². The smallest absolute Gasteiger partial charge is 0.248 e. The van der Waals surface area contributed by atoms with Crippen LogP contribution >= 0.6 is 11.6 Å². The van der Waals surface area contributed by atoms with E-state index in [9.17, 15) is 9.59 Å². The lowest BCUT2D eigenvalue weighted by Crippen LogP contribution is -2.20. The molecule has 3 rings (SSSR count). The molecule has 9 nitrogen and oxygen atoms in total.